The molecule has 1 atom stereocenters. The number of carbonyl (C=O) groups is 1. The molecule has 1 aromatic rings. The number of benzene rings is 1. The first kappa shape index (κ1) is 14.9. The van der Waals surface area contributed by atoms with Gasteiger partial charge in [0.25, 0.3) is 0 Å². The van der Waals surface area contributed by atoms with Crippen LogP contribution in [0.1, 0.15) is 31.4 Å². The van der Waals surface area contributed by atoms with E-state index in [0.29, 0.717) is 13.2 Å². The molecule has 0 saturated carbocycles. The van der Waals surface area contributed by atoms with Crippen LogP contribution in [0.4, 0.5) is 4.39 Å². The Kier molecular flexibility index (Phi) is 5.49. The Balaban J connectivity index is 1.73. The fourth-order valence-corrected chi connectivity index (χ4v) is 2.24. The Morgan fingerprint density at radius 2 is 2.00 bits per heavy atom. The number of nitrogens with one attached hydrogen (secondary N) is 2. The van der Waals surface area contributed by atoms with E-state index in [4.69, 9.17) is 4.74 Å². The van der Waals surface area contributed by atoms with Gasteiger partial charge >= 0.3 is 0 Å². The van der Waals surface area contributed by atoms with Crippen LogP contribution < -0.4 is 10.6 Å². The molecule has 0 aromatic heterocycles. The average molecular weight is 280 g/mol. The van der Waals surface area contributed by atoms with Gasteiger partial charge in [-0.2, -0.15) is 0 Å². The summed E-state index contributed by atoms with van der Waals surface area (Å²) in [5.74, 6) is -0.260. The zero-order valence-corrected chi connectivity index (χ0v) is 11.7. The van der Waals surface area contributed by atoms with Crippen LogP contribution in [0.2, 0.25) is 0 Å². The number of hydrogen-bond acceptors (Lipinski definition) is 3. The monoisotopic (exact) mass is 280 g/mol. The summed E-state index contributed by atoms with van der Waals surface area (Å²) in [6.07, 6.45) is 1.75. The molecule has 0 bridgehead atoms. The van der Waals surface area contributed by atoms with E-state index in [1.54, 1.807) is 12.1 Å². The molecule has 1 aliphatic heterocycles. The minimum absolute atomic E-state index is 0.00846. The molecule has 2 N–H and O–H groups in total. The van der Waals surface area contributed by atoms with Gasteiger partial charge in [0.15, 0.2) is 0 Å². The molecule has 1 heterocycles. The van der Waals surface area contributed by atoms with Crippen LogP contribution in [0.3, 0.4) is 0 Å². The fourth-order valence-electron chi connectivity index (χ4n) is 2.24. The molecule has 1 amide bonds. The van der Waals surface area contributed by atoms with E-state index in [1.807, 2.05) is 6.92 Å². The summed E-state index contributed by atoms with van der Waals surface area (Å²) in [6.45, 7) is 3.64. The third kappa shape index (κ3) is 4.58. The molecule has 110 valence electrons. The third-order valence-electron chi connectivity index (χ3n) is 3.53. The van der Waals surface area contributed by atoms with Crippen molar-refractivity contribution < 1.29 is 13.9 Å². The van der Waals surface area contributed by atoms with Crippen LogP contribution in [0.25, 0.3) is 0 Å². The van der Waals surface area contributed by atoms with Gasteiger partial charge in [-0.1, -0.05) is 12.1 Å². The second-order valence-corrected chi connectivity index (χ2v) is 5.11. The summed E-state index contributed by atoms with van der Waals surface area (Å²) in [5.41, 5.74) is 0.963. The van der Waals surface area contributed by atoms with Crippen molar-refractivity contribution in [1.29, 1.82) is 0 Å². The van der Waals surface area contributed by atoms with E-state index in [9.17, 15) is 9.18 Å². The quantitative estimate of drug-likeness (QED) is 0.864. The SMILES string of the molecule is C[C@H](NCC(=O)NC1CCOCC1)c1ccc(F)cc1. The highest BCUT2D eigenvalue weighted by Crippen LogP contribution is 2.12. The summed E-state index contributed by atoms with van der Waals surface area (Å²) >= 11 is 0. The summed E-state index contributed by atoms with van der Waals surface area (Å²) in [6, 6.07) is 6.54. The molecular weight excluding hydrogens is 259 g/mol. The van der Waals surface area contributed by atoms with Gasteiger partial charge in [0.1, 0.15) is 5.82 Å². The molecule has 20 heavy (non-hydrogen) atoms. The molecule has 0 aliphatic carbocycles. The lowest BCUT2D eigenvalue weighted by Crippen LogP contribution is -2.43. The predicted molar refractivity (Wildman–Crippen MR) is 74.8 cm³/mol. The van der Waals surface area contributed by atoms with Crippen molar-refractivity contribution in [1.82, 2.24) is 10.6 Å². The molecule has 1 fully saturated rings. The lowest BCUT2D eigenvalue weighted by molar-refractivity contribution is -0.121. The molecule has 2 rings (SSSR count). The number of amides is 1. The average Bonchev–Trinajstić information content (AvgIpc) is 2.46. The molecule has 0 spiro atoms. The van der Waals surface area contributed by atoms with Gasteiger partial charge in [0.05, 0.1) is 6.54 Å². The zero-order valence-electron chi connectivity index (χ0n) is 11.7. The maximum atomic E-state index is 12.8. The number of halogens is 1. The van der Waals surface area contributed by atoms with Gasteiger partial charge in [-0.15, -0.1) is 0 Å². The van der Waals surface area contributed by atoms with Crippen LogP contribution in [0.5, 0.6) is 0 Å². The number of carbonyl (C=O) groups excluding carboxylic acids is 1. The second-order valence-electron chi connectivity index (χ2n) is 5.11. The Morgan fingerprint density at radius 3 is 2.65 bits per heavy atom. The van der Waals surface area contributed by atoms with Gasteiger partial charge in [0, 0.05) is 25.3 Å². The molecule has 5 heteroatoms. The largest absolute Gasteiger partial charge is 0.381 e. The van der Waals surface area contributed by atoms with Gasteiger partial charge in [-0.3, -0.25) is 4.79 Å². The van der Waals surface area contributed by atoms with E-state index in [0.717, 1.165) is 18.4 Å². The lowest BCUT2D eigenvalue weighted by atomic mass is 10.1. The third-order valence-corrected chi connectivity index (χ3v) is 3.53. The van der Waals surface area contributed by atoms with E-state index >= 15 is 0 Å². The van der Waals surface area contributed by atoms with E-state index < -0.39 is 0 Å². The molecule has 1 aromatic carbocycles. The Morgan fingerprint density at radius 1 is 1.35 bits per heavy atom. The summed E-state index contributed by atoms with van der Waals surface area (Å²) in [4.78, 5) is 11.8. The smallest absolute Gasteiger partial charge is 0.234 e. The van der Waals surface area contributed by atoms with Gasteiger partial charge < -0.3 is 15.4 Å². The highest BCUT2D eigenvalue weighted by molar-refractivity contribution is 5.78. The summed E-state index contributed by atoms with van der Waals surface area (Å²) in [7, 11) is 0. The topological polar surface area (TPSA) is 50.4 Å². The first-order valence-corrected chi connectivity index (χ1v) is 7.01. The first-order valence-electron chi connectivity index (χ1n) is 7.01. The zero-order chi connectivity index (χ0) is 14.4. The highest BCUT2D eigenvalue weighted by atomic mass is 19.1. The maximum absolute atomic E-state index is 12.8. The van der Waals surface area contributed by atoms with Crippen LogP contribution in [-0.4, -0.2) is 31.7 Å². The van der Waals surface area contributed by atoms with Crippen molar-refractivity contribution in [2.24, 2.45) is 0 Å². The second kappa shape index (κ2) is 7.36. The van der Waals surface area contributed by atoms with Crippen molar-refractivity contribution in [2.75, 3.05) is 19.8 Å². The Labute approximate surface area is 118 Å². The van der Waals surface area contributed by atoms with E-state index in [2.05, 4.69) is 10.6 Å². The Bertz CT molecular complexity index is 430. The molecule has 1 aliphatic rings. The van der Waals surface area contributed by atoms with Crippen molar-refractivity contribution in [3.05, 3.63) is 35.6 Å². The van der Waals surface area contributed by atoms with Gasteiger partial charge in [-0.05, 0) is 37.5 Å². The molecule has 1 saturated heterocycles. The highest BCUT2D eigenvalue weighted by Gasteiger charge is 2.16. The van der Waals surface area contributed by atoms with E-state index in [1.165, 1.54) is 12.1 Å². The summed E-state index contributed by atoms with van der Waals surface area (Å²) in [5, 5.41) is 6.14. The van der Waals surface area contributed by atoms with Crippen LogP contribution >= 0.6 is 0 Å². The van der Waals surface area contributed by atoms with Crippen molar-refractivity contribution in [3.63, 3.8) is 0 Å². The summed E-state index contributed by atoms with van der Waals surface area (Å²) < 4.78 is 18.1. The van der Waals surface area contributed by atoms with Crippen LogP contribution in [0, 0.1) is 5.82 Å². The number of hydrogen-bond donors (Lipinski definition) is 2. The Hall–Kier alpha value is -1.46. The molecule has 4 nitrogen and oxygen atoms in total. The minimum Gasteiger partial charge on any atom is -0.381 e. The minimum atomic E-state index is -0.252. The molecular formula is C15H21FN2O2. The van der Waals surface area contributed by atoms with E-state index in [-0.39, 0.29) is 30.4 Å². The molecule has 0 radical (unpaired) electrons. The lowest BCUT2D eigenvalue weighted by Gasteiger charge is -2.23. The van der Waals surface area contributed by atoms with Crippen LogP contribution in [-0.2, 0) is 9.53 Å². The number of ether oxygens (including phenoxy) is 1. The standard InChI is InChI=1S/C15H21FN2O2/c1-11(12-2-4-13(16)5-3-12)17-10-15(19)18-14-6-8-20-9-7-14/h2-5,11,14,17H,6-10H2,1H3,(H,18,19)/t11-/m0/s1. The van der Waals surface area contributed by atoms with Crippen molar-refractivity contribution in [3.8, 4) is 0 Å². The van der Waals surface area contributed by atoms with Gasteiger partial charge in [0.2, 0.25) is 5.91 Å². The van der Waals surface area contributed by atoms with Crippen LogP contribution in [0.15, 0.2) is 24.3 Å². The number of rotatable bonds is 5. The molecule has 0 unspecified atom stereocenters. The normalized spacial score (nSPS) is 17.7. The maximum Gasteiger partial charge on any atom is 0.234 e. The van der Waals surface area contributed by atoms with Gasteiger partial charge in [-0.25, -0.2) is 4.39 Å². The first-order chi connectivity index (χ1) is 9.65. The van der Waals surface area contributed by atoms with Crippen molar-refractivity contribution in [2.45, 2.75) is 31.8 Å². The fraction of sp³-hybridized carbons (Fsp3) is 0.533. The predicted octanol–water partition coefficient (Wildman–Crippen LogP) is 1.77. The van der Waals surface area contributed by atoms with Crippen molar-refractivity contribution >= 4 is 5.91 Å².